The monoisotopic (exact) mass is 221 g/mol. The van der Waals surface area contributed by atoms with Crippen molar-refractivity contribution in [2.75, 3.05) is 5.32 Å². The fourth-order valence-electron chi connectivity index (χ4n) is 1.41. The lowest BCUT2D eigenvalue weighted by atomic mass is 10.1. The maximum absolute atomic E-state index is 11.4. The van der Waals surface area contributed by atoms with Crippen LogP contribution in [0, 0.1) is 0 Å². The third-order valence-corrected chi connectivity index (χ3v) is 2.43. The van der Waals surface area contributed by atoms with Gasteiger partial charge >= 0.3 is 0 Å². The normalized spacial score (nSPS) is 12.2. The zero-order valence-electron chi connectivity index (χ0n) is 9.86. The Morgan fingerprint density at radius 2 is 2.00 bits per heavy atom. The van der Waals surface area contributed by atoms with Gasteiger partial charge in [-0.15, -0.1) is 0 Å². The van der Waals surface area contributed by atoms with Gasteiger partial charge in [0.05, 0.1) is 6.10 Å². The van der Waals surface area contributed by atoms with Crippen molar-refractivity contribution in [1.29, 1.82) is 0 Å². The van der Waals surface area contributed by atoms with E-state index in [9.17, 15) is 9.90 Å². The average molecular weight is 221 g/mol. The molecule has 0 bridgehead atoms. The number of hydrogen-bond donors (Lipinski definition) is 2. The second kappa shape index (κ2) is 6.28. The highest BCUT2D eigenvalue weighted by Crippen LogP contribution is 2.15. The van der Waals surface area contributed by atoms with Crippen LogP contribution in [-0.4, -0.2) is 11.0 Å². The number of benzene rings is 1. The lowest BCUT2D eigenvalue weighted by Gasteiger charge is -2.07. The molecule has 0 saturated carbocycles. The summed E-state index contributed by atoms with van der Waals surface area (Å²) in [7, 11) is 0. The van der Waals surface area contributed by atoms with Crippen LogP contribution in [0.1, 0.15) is 44.8 Å². The van der Waals surface area contributed by atoms with Crippen LogP contribution in [0.5, 0.6) is 0 Å². The molecule has 0 aliphatic rings. The maximum atomic E-state index is 11.4. The molecule has 0 aromatic heterocycles. The number of carbonyl (C=O) groups excluding carboxylic acids is 1. The Balaban J connectivity index is 2.51. The summed E-state index contributed by atoms with van der Waals surface area (Å²) < 4.78 is 0. The molecule has 0 aliphatic carbocycles. The van der Waals surface area contributed by atoms with E-state index >= 15 is 0 Å². The molecular formula is C13H19NO2. The standard InChI is InChI=1S/C13H19NO2/c1-3-4-5-13(16)14-12-8-6-11(7-9-12)10(2)15/h6-10,15H,3-5H2,1-2H3,(H,14,16). The first-order valence-electron chi connectivity index (χ1n) is 5.71. The molecule has 0 spiro atoms. The van der Waals surface area contributed by atoms with Crippen molar-refractivity contribution in [2.45, 2.75) is 39.2 Å². The summed E-state index contributed by atoms with van der Waals surface area (Å²) in [4.78, 5) is 11.4. The van der Waals surface area contributed by atoms with Gasteiger partial charge in [0.1, 0.15) is 0 Å². The van der Waals surface area contributed by atoms with Crippen LogP contribution in [0.15, 0.2) is 24.3 Å². The highest BCUT2D eigenvalue weighted by atomic mass is 16.3. The van der Waals surface area contributed by atoms with Gasteiger partial charge in [0.15, 0.2) is 0 Å². The van der Waals surface area contributed by atoms with Gasteiger partial charge in [-0.1, -0.05) is 25.5 Å². The van der Waals surface area contributed by atoms with Crippen molar-refractivity contribution in [2.24, 2.45) is 0 Å². The lowest BCUT2D eigenvalue weighted by molar-refractivity contribution is -0.116. The first-order chi connectivity index (χ1) is 7.63. The summed E-state index contributed by atoms with van der Waals surface area (Å²) in [6.07, 6.45) is 2.03. The molecular weight excluding hydrogens is 202 g/mol. The van der Waals surface area contributed by atoms with Crippen molar-refractivity contribution in [3.8, 4) is 0 Å². The number of nitrogens with one attached hydrogen (secondary N) is 1. The minimum atomic E-state index is -0.468. The van der Waals surface area contributed by atoms with Gasteiger partial charge < -0.3 is 10.4 Å². The van der Waals surface area contributed by atoms with Gasteiger partial charge in [-0.3, -0.25) is 4.79 Å². The average Bonchev–Trinajstić information content (AvgIpc) is 2.27. The van der Waals surface area contributed by atoms with Crippen molar-refractivity contribution < 1.29 is 9.90 Å². The molecule has 0 heterocycles. The fraction of sp³-hybridized carbons (Fsp3) is 0.462. The summed E-state index contributed by atoms with van der Waals surface area (Å²) in [6, 6.07) is 7.26. The van der Waals surface area contributed by atoms with Gasteiger partial charge in [0.2, 0.25) is 5.91 Å². The van der Waals surface area contributed by atoms with Crippen LogP contribution in [0.25, 0.3) is 0 Å². The first-order valence-corrected chi connectivity index (χ1v) is 5.71. The van der Waals surface area contributed by atoms with Gasteiger partial charge in [-0.25, -0.2) is 0 Å². The zero-order valence-corrected chi connectivity index (χ0v) is 9.86. The Kier molecular flexibility index (Phi) is 4.99. The molecule has 16 heavy (non-hydrogen) atoms. The number of anilines is 1. The maximum Gasteiger partial charge on any atom is 0.224 e. The first kappa shape index (κ1) is 12.7. The summed E-state index contributed by atoms with van der Waals surface area (Å²) in [5, 5.41) is 12.1. The molecule has 0 aliphatic heterocycles. The Labute approximate surface area is 96.5 Å². The van der Waals surface area contributed by atoms with E-state index in [0.29, 0.717) is 6.42 Å². The predicted molar refractivity (Wildman–Crippen MR) is 65.2 cm³/mol. The predicted octanol–water partition coefficient (Wildman–Crippen LogP) is 2.87. The zero-order chi connectivity index (χ0) is 12.0. The van der Waals surface area contributed by atoms with Crippen LogP contribution in [0.4, 0.5) is 5.69 Å². The number of rotatable bonds is 5. The van der Waals surface area contributed by atoms with Gasteiger partial charge in [-0.2, -0.15) is 0 Å². The third kappa shape index (κ3) is 4.03. The molecule has 88 valence electrons. The summed E-state index contributed by atoms with van der Waals surface area (Å²) in [5.41, 5.74) is 1.64. The van der Waals surface area contributed by atoms with E-state index in [-0.39, 0.29) is 5.91 Å². The number of aliphatic hydroxyl groups is 1. The van der Waals surface area contributed by atoms with Gasteiger partial charge in [-0.05, 0) is 31.0 Å². The number of hydrogen-bond acceptors (Lipinski definition) is 2. The minimum Gasteiger partial charge on any atom is -0.389 e. The molecule has 3 nitrogen and oxygen atoms in total. The number of unbranched alkanes of at least 4 members (excludes halogenated alkanes) is 1. The second-order valence-corrected chi connectivity index (χ2v) is 3.95. The van der Waals surface area contributed by atoms with Crippen LogP contribution < -0.4 is 5.32 Å². The SMILES string of the molecule is CCCCC(=O)Nc1ccc(C(C)O)cc1. The topological polar surface area (TPSA) is 49.3 Å². The third-order valence-electron chi connectivity index (χ3n) is 2.43. The molecule has 1 aromatic rings. The number of aliphatic hydroxyl groups excluding tert-OH is 1. The Morgan fingerprint density at radius 1 is 1.38 bits per heavy atom. The summed E-state index contributed by atoms with van der Waals surface area (Å²) in [5.74, 6) is 0.0478. The van der Waals surface area contributed by atoms with E-state index in [1.807, 2.05) is 24.3 Å². The molecule has 1 rings (SSSR count). The van der Waals surface area contributed by atoms with Gasteiger partial charge in [0.25, 0.3) is 0 Å². The second-order valence-electron chi connectivity index (χ2n) is 3.95. The molecule has 2 N–H and O–H groups in total. The van der Waals surface area contributed by atoms with Crippen molar-refractivity contribution >= 4 is 11.6 Å². The molecule has 0 saturated heterocycles. The quantitative estimate of drug-likeness (QED) is 0.803. The van der Waals surface area contributed by atoms with E-state index in [0.717, 1.165) is 24.1 Å². The van der Waals surface area contributed by atoms with E-state index in [2.05, 4.69) is 12.2 Å². The Hall–Kier alpha value is -1.35. The molecule has 0 fully saturated rings. The Bertz CT molecular complexity index is 330. The molecule has 1 unspecified atom stereocenters. The summed E-state index contributed by atoms with van der Waals surface area (Å²) >= 11 is 0. The highest BCUT2D eigenvalue weighted by Gasteiger charge is 2.03. The number of carbonyl (C=O) groups is 1. The van der Waals surface area contributed by atoms with Crippen molar-refractivity contribution in [3.05, 3.63) is 29.8 Å². The summed E-state index contributed by atoms with van der Waals surface area (Å²) in [6.45, 7) is 3.78. The van der Waals surface area contributed by atoms with Crippen LogP contribution >= 0.6 is 0 Å². The Morgan fingerprint density at radius 3 is 2.50 bits per heavy atom. The minimum absolute atomic E-state index is 0.0478. The van der Waals surface area contributed by atoms with Crippen LogP contribution in [-0.2, 0) is 4.79 Å². The van der Waals surface area contributed by atoms with Crippen LogP contribution in [0.2, 0.25) is 0 Å². The molecule has 1 atom stereocenters. The smallest absolute Gasteiger partial charge is 0.224 e. The molecule has 1 aromatic carbocycles. The number of amides is 1. The highest BCUT2D eigenvalue weighted by molar-refractivity contribution is 5.90. The fourth-order valence-corrected chi connectivity index (χ4v) is 1.41. The van der Waals surface area contributed by atoms with Crippen molar-refractivity contribution in [3.63, 3.8) is 0 Å². The van der Waals surface area contributed by atoms with Crippen LogP contribution in [0.3, 0.4) is 0 Å². The van der Waals surface area contributed by atoms with Gasteiger partial charge in [0, 0.05) is 12.1 Å². The molecule has 0 radical (unpaired) electrons. The van der Waals surface area contributed by atoms with E-state index in [4.69, 9.17) is 0 Å². The largest absolute Gasteiger partial charge is 0.389 e. The molecule has 3 heteroatoms. The lowest BCUT2D eigenvalue weighted by Crippen LogP contribution is -2.10. The van der Waals surface area contributed by atoms with E-state index < -0.39 is 6.10 Å². The molecule has 1 amide bonds. The van der Waals surface area contributed by atoms with E-state index in [1.165, 1.54) is 0 Å². The van der Waals surface area contributed by atoms with E-state index in [1.54, 1.807) is 6.92 Å². The van der Waals surface area contributed by atoms with Crippen molar-refractivity contribution in [1.82, 2.24) is 0 Å².